The van der Waals surface area contributed by atoms with Gasteiger partial charge in [-0.1, -0.05) is 84.4 Å². The van der Waals surface area contributed by atoms with Crippen LogP contribution < -0.4 is 15.5 Å². The third-order valence-corrected chi connectivity index (χ3v) is 15.5. The lowest BCUT2D eigenvalue weighted by Crippen LogP contribution is -2.63. The molecular weight excluding hydrogens is 647 g/mol. The number of hydrogen-bond acceptors (Lipinski definition) is 5. The molecule has 51 heavy (non-hydrogen) atoms. The van der Waals surface area contributed by atoms with Gasteiger partial charge in [-0.05, 0) is 107 Å². The quantitative estimate of drug-likeness (QED) is 0.0976. The number of likely N-dealkylation sites (N-methyl/N-ethyl adjacent to an activating group) is 1. The van der Waals surface area contributed by atoms with Gasteiger partial charge in [-0.25, -0.2) is 4.79 Å². The Kier molecular flexibility index (Phi) is 11.0. The van der Waals surface area contributed by atoms with Gasteiger partial charge in [0.15, 0.2) is 13.0 Å². The monoisotopic (exact) mass is 697 g/mol. The van der Waals surface area contributed by atoms with Crippen molar-refractivity contribution < 1.29 is 14.3 Å². The fraction of sp³-hybridized carbons (Fsp3) is 0.289. The van der Waals surface area contributed by atoms with Crippen LogP contribution in [-0.4, -0.2) is 67.8 Å². The summed E-state index contributed by atoms with van der Waals surface area (Å²) >= 11 is 0. The van der Waals surface area contributed by atoms with Crippen LogP contribution in [-0.2, 0) is 11.2 Å². The van der Waals surface area contributed by atoms with Crippen molar-refractivity contribution >= 4 is 34.9 Å². The molecule has 0 saturated carbocycles. The van der Waals surface area contributed by atoms with E-state index < -0.39 is 18.5 Å². The van der Waals surface area contributed by atoms with Crippen molar-refractivity contribution in [3.63, 3.8) is 0 Å². The van der Waals surface area contributed by atoms with Crippen LogP contribution in [0.25, 0.3) is 0 Å². The SMILES string of the molecule is Cc1cc(C)c(C(=O)[P+](c2ccccc2)(c2ccccc2)C(C)C(Cc2ccccc2)(C(=O)c2ccc(N3CCOCC3)cc2)N(C)C)c(C)c1. The summed E-state index contributed by atoms with van der Waals surface area (Å²) in [6.45, 7) is 11.4. The first-order valence-corrected chi connectivity index (χ1v) is 19.8. The molecule has 1 heterocycles. The van der Waals surface area contributed by atoms with E-state index in [-0.39, 0.29) is 11.3 Å². The number of nitrogens with zero attached hydrogens (tertiary/aromatic N) is 2. The zero-order valence-corrected chi connectivity index (χ0v) is 31.7. The molecule has 0 aliphatic carbocycles. The molecule has 262 valence electrons. The van der Waals surface area contributed by atoms with Gasteiger partial charge in [-0.15, -0.1) is 0 Å². The summed E-state index contributed by atoms with van der Waals surface area (Å²) in [6.07, 6.45) is 0.437. The molecule has 1 aliphatic heterocycles. The number of ether oxygens (including phenoxy) is 1. The highest BCUT2D eigenvalue weighted by Crippen LogP contribution is 2.67. The molecule has 5 aromatic rings. The van der Waals surface area contributed by atoms with Crippen molar-refractivity contribution in [2.24, 2.45) is 0 Å². The summed E-state index contributed by atoms with van der Waals surface area (Å²) in [7, 11) is 0.906. The maximum atomic E-state index is 16.1. The molecule has 0 N–H and O–H groups in total. The molecule has 2 unspecified atom stereocenters. The molecule has 0 amide bonds. The maximum absolute atomic E-state index is 16.1. The fourth-order valence-corrected chi connectivity index (χ4v) is 13.4. The zero-order chi connectivity index (χ0) is 36.2. The summed E-state index contributed by atoms with van der Waals surface area (Å²) in [6, 6.07) is 43.1. The minimum atomic E-state index is -3.12. The number of carbonyl (C=O) groups excluding carboxylic acids is 2. The van der Waals surface area contributed by atoms with Gasteiger partial charge in [0.25, 0.3) is 0 Å². The molecule has 0 spiro atoms. The van der Waals surface area contributed by atoms with Gasteiger partial charge in [-0.2, -0.15) is 0 Å². The van der Waals surface area contributed by atoms with Gasteiger partial charge in [0.2, 0.25) is 0 Å². The Bertz CT molecular complexity index is 1890. The van der Waals surface area contributed by atoms with E-state index in [1.807, 2.05) is 94.7 Å². The molecule has 1 fully saturated rings. The molecule has 2 atom stereocenters. The van der Waals surface area contributed by atoms with Crippen LogP contribution in [0.2, 0.25) is 0 Å². The first-order valence-electron chi connectivity index (χ1n) is 17.9. The van der Waals surface area contributed by atoms with E-state index in [2.05, 4.69) is 84.3 Å². The Balaban J connectivity index is 1.64. The number of morpholine rings is 1. The van der Waals surface area contributed by atoms with Crippen LogP contribution in [0.3, 0.4) is 0 Å². The highest BCUT2D eigenvalue weighted by Gasteiger charge is 2.65. The molecule has 0 radical (unpaired) electrons. The number of rotatable bonds is 12. The van der Waals surface area contributed by atoms with E-state index in [4.69, 9.17) is 4.74 Å². The molecule has 0 aromatic heterocycles. The minimum Gasteiger partial charge on any atom is -0.378 e. The molecule has 0 bridgehead atoms. The molecule has 5 nitrogen and oxygen atoms in total. The first kappa shape index (κ1) is 36.4. The van der Waals surface area contributed by atoms with Gasteiger partial charge in [0.05, 0.1) is 18.8 Å². The van der Waals surface area contributed by atoms with E-state index in [0.717, 1.165) is 57.2 Å². The van der Waals surface area contributed by atoms with Crippen molar-refractivity contribution in [2.75, 3.05) is 45.3 Å². The Hall–Kier alpha value is -4.41. The topological polar surface area (TPSA) is 49.9 Å². The molecular formula is C45H50N2O3P+. The third kappa shape index (κ3) is 6.83. The van der Waals surface area contributed by atoms with Gasteiger partial charge >= 0.3 is 5.52 Å². The van der Waals surface area contributed by atoms with Crippen LogP contribution in [0.4, 0.5) is 5.69 Å². The fourth-order valence-electron chi connectivity index (χ4n) is 8.30. The summed E-state index contributed by atoms with van der Waals surface area (Å²) in [5.41, 5.74) is 5.13. The van der Waals surface area contributed by atoms with Crippen molar-refractivity contribution in [3.05, 3.63) is 161 Å². The Morgan fingerprint density at radius 2 is 1.24 bits per heavy atom. The van der Waals surface area contributed by atoms with Crippen molar-refractivity contribution in [2.45, 2.75) is 45.3 Å². The lowest BCUT2D eigenvalue weighted by atomic mass is 9.79. The normalized spacial score (nSPS) is 15.3. The summed E-state index contributed by atoms with van der Waals surface area (Å²) < 4.78 is 5.59. The van der Waals surface area contributed by atoms with Crippen molar-refractivity contribution in [1.82, 2.24) is 4.90 Å². The van der Waals surface area contributed by atoms with Crippen molar-refractivity contribution in [3.8, 4) is 0 Å². The second-order valence-electron chi connectivity index (χ2n) is 14.1. The highest BCUT2D eigenvalue weighted by atomic mass is 31.2. The minimum absolute atomic E-state index is 0.0127. The average Bonchev–Trinajstić information content (AvgIpc) is 3.15. The van der Waals surface area contributed by atoms with Gasteiger partial charge in [0, 0.05) is 30.8 Å². The van der Waals surface area contributed by atoms with E-state index in [1.165, 1.54) is 0 Å². The van der Waals surface area contributed by atoms with Crippen LogP contribution in [0.5, 0.6) is 0 Å². The molecule has 6 rings (SSSR count). The van der Waals surface area contributed by atoms with Crippen molar-refractivity contribution in [1.29, 1.82) is 0 Å². The van der Waals surface area contributed by atoms with Gasteiger partial charge in [0.1, 0.15) is 21.8 Å². The number of carbonyl (C=O) groups is 2. The lowest BCUT2D eigenvalue weighted by Gasteiger charge is -2.47. The first-order chi connectivity index (χ1) is 24.6. The largest absolute Gasteiger partial charge is 0.378 e. The second-order valence-corrected chi connectivity index (χ2v) is 17.8. The van der Waals surface area contributed by atoms with E-state index in [0.29, 0.717) is 25.2 Å². The van der Waals surface area contributed by atoms with Crippen LogP contribution in [0.15, 0.2) is 127 Å². The van der Waals surface area contributed by atoms with E-state index in [1.54, 1.807) is 0 Å². The third-order valence-electron chi connectivity index (χ3n) is 10.8. The number of ketones is 1. The van der Waals surface area contributed by atoms with Gasteiger partial charge < -0.3 is 9.64 Å². The number of anilines is 1. The van der Waals surface area contributed by atoms with Gasteiger partial charge in [-0.3, -0.25) is 9.69 Å². The summed E-state index contributed by atoms with van der Waals surface area (Å²) in [4.78, 5) is 36.2. The number of aryl methyl sites for hydroxylation is 3. The summed E-state index contributed by atoms with van der Waals surface area (Å²) in [5.74, 6) is 0.0127. The Morgan fingerprint density at radius 3 is 1.73 bits per heavy atom. The van der Waals surface area contributed by atoms with E-state index >= 15 is 9.59 Å². The lowest BCUT2D eigenvalue weighted by molar-refractivity contribution is 0.0675. The van der Waals surface area contributed by atoms with Crippen LogP contribution in [0.1, 0.15) is 49.9 Å². The number of benzene rings is 5. The number of Topliss-reactive ketones (excluding diaryl/α,β-unsaturated/α-hetero) is 1. The van der Waals surface area contributed by atoms with E-state index in [9.17, 15) is 0 Å². The number of hydrogen-bond donors (Lipinski definition) is 0. The predicted molar refractivity (Wildman–Crippen MR) is 214 cm³/mol. The maximum Gasteiger partial charge on any atom is 0.309 e. The smallest absolute Gasteiger partial charge is 0.309 e. The standard InChI is InChI=1S/C45H50N2O3P/c1-33-30-34(2)42(35(3)31-33)44(49)51(40-18-12-8-13-19-40,41-20-14-9-15-21-41)36(4)45(46(5)6,32-37-16-10-7-11-17-37)43(48)38-22-24-39(25-23-38)47-26-28-50-29-27-47/h7-25,30-31,36H,26-29,32H2,1-6H3/q+1. The van der Waals surface area contributed by atoms with Crippen LogP contribution >= 0.6 is 7.26 Å². The predicted octanol–water partition coefficient (Wildman–Crippen LogP) is 8.07. The second kappa shape index (κ2) is 15.5. The summed E-state index contributed by atoms with van der Waals surface area (Å²) in [5, 5.41) is 1.95. The average molecular weight is 698 g/mol. The molecule has 5 aromatic carbocycles. The molecule has 1 aliphatic rings. The Labute approximate surface area is 304 Å². The molecule has 1 saturated heterocycles. The zero-order valence-electron chi connectivity index (χ0n) is 30.8. The molecule has 6 heteroatoms. The van der Waals surface area contributed by atoms with Crippen LogP contribution in [0, 0.1) is 20.8 Å². The highest BCUT2D eigenvalue weighted by molar-refractivity contribution is 8.03. The Morgan fingerprint density at radius 1 is 0.745 bits per heavy atom.